The first-order valence-electron chi connectivity index (χ1n) is 10.7. The van der Waals surface area contributed by atoms with Gasteiger partial charge in [0, 0.05) is 43.0 Å². The molecule has 10 heteroatoms. The lowest BCUT2D eigenvalue weighted by Gasteiger charge is -2.48. The average Bonchev–Trinajstić information content (AvgIpc) is 3.39. The summed E-state index contributed by atoms with van der Waals surface area (Å²) in [6.07, 6.45) is 9.42. The largest absolute Gasteiger partial charge is 0.348 e. The van der Waals surface area contributed by atoms with Crippen LogP contribution in [0.5, 0.6) is 0 Å². The molecule has 0 atom stereocenters. The second-order valence-corrected chi connectivity index (χ2v) is 11.8. The molecular formula is C22H28N8S2. The molecule has 1 fully saturated rings. The van der Waals surface area contributed by atoms with Crippen molar-refractivity contribution in [3.63, 3.8) is 0 Å². The molecule has 0 aromatic carbocycles. The Morgan fingerprint density at radius 2 is 1.62 bits per heavy atom. The number of anilines is 1. The Kier molecular flexibility index (Phi) is 5.06. The maximum absolute atomic E-state index is 4.92. The van der Waals surface area contributed by atoms with Crippen LogP contribution in [0, 0.1) is 0 Å². The van der Waals surface area contributed by atoms with Gasteiger partial charge in [0.2, 0.25) is 0 Å². The molecular weight excluding hydrogens is 440 g/mol. The first kappa shape index (κ1) is 21.4. The lowest BCUT2D eigenvalue weighted by Crippen LogP contribution is -2.61. The number of nitrogens with zero attached hydrogens (tertiary/aromatic N) is 7. The number of piperidine rings is 1. The number of fused-ring (bicyclic) bond motifs is 1. The molecule has 4 aromatic rings. The summed E-state index contributed by atoms with van der Waals surface area (Å²) in [5.41, 5.74) is 2.72. The van der Waals surface area contributed by atoms with E-state index >= 15 is 0 Å². The molecule has 1 aliphatic rings. The second kappa shape index (κ2) is 7.57. The van der Waals surface area contributed by atoms with Crippen LogP contribution in [0.15, 0.2) is 24.8 Å². The van der Waals surface area contributed by atoms with Crippen LogP contribution >= 0.6 is 22.7 Å². The van der Waals surface area contributed by atoms with E-state index in [0.717, 1.165) is 49.6 Å². The highest BCUT2D eigenvalue weighted by Gasteiger charge is 2.39. The summed E-state index contributed by atoms with van der Waals surface area (Å²) in [4.78, 5) is 23.1. The normalized spacial score (nSPS) is 18.3. The fraction of sp³-hybridized carbons (Fsp3) is 0.500. The Bertz CT molecular complexity index is 1200. The van der Waals surface area contributed by atoms with E-state index in [9.17, 15) is 0 Å². The molecule has 4 aromatic heterocycles. The van der Waals surface area contributed by atoms with E-state index in [1.54, 1.807) is 45.9 Å². The molecule has 0 radical (unpaired) electrons. The van der Waals surface area contributed by atoms with E-state index < -0.39 is 0 Å². The van der Waals surface area contributed by atoms with Gasteiger partial charge in [-0.2, -0.15) is 5.10 Å². The number of hydrogen-bond donors (Lipinski definition) is 1. The first-order valence-corrected chi connectivity index (χ1v) is 12.3. The molecule has 1 saturated heterocycles. The summed E-state index contributed by atoms with van der Waals surface area (Å²) < 4.78 is 1.76. The zero-order valence-corrected chi connectivity index (χ0v) is 20.9. The minimum Gasteiger partial charge on any atom is -0.348 e. The number of rotatable bonds is 4. The fourth-order valence-corrected chi connectivity index (χ4v) is 6.76. The first-order chi connectivity index (χ1) is 15.1. The quantitative estimate of drug-likeness (QED) is 0.476. The van der Waals surface area contributed by atoms with E-state index in [4.69, 9.17) is 9.97 Å². The minimum atomic E-state index is 0.0986. The Morgan fingerprint density at radius 1 is 0.969 bits per heavy atom. The van der Waals surface area contributed by atoms with Gasteiger partial charge >= 0.3 is 0 Å². The average molecular weight is 469 g/mol. The van der Waals surface area contributed by atoms with Crippen molar-refractivity contribution in [2.24, 2.45) is 7.05 Å². The summed E-state index contributed by atoms with van der Waals surface area (Å²) >= 11 is 3.22. The Hall–Kier alpha value is -2.43. The van der Waals surface area contributed by atoms with Gasteiger partial charge in [-0.3, -0.25) is 9.67 Å². The maximum atomic E-state index is 4.92. The summed E-state index contributed by atoms with van der Waals surface area (Å²) in [6, 6.07) is 0.437. The van der Waals surface area contributed by atoms with E-state index in [1.165, 1.54) is 0 Å². The van der Waals surface area contributed by atoms with E-state index in [1.807, 2.05) is 13.2 Å². The Morgan fingerprint density at radius 3 is 2.22 bits per heavy atom. The summed E-state index contributed by atoms with van der Waals surface area (Å²) in [7, 11) is 4.05. The highest BCUT2D eigenvalue weighted by atomic mass is 32.1. The summed E-state index contributed by atoms with van der Waals surface area (Å²) in [5.74, 6) is 0. The number of thiazole rings is 2. The van der Waals surface area contributed by atoms with Crippen molar-refractivity contribution < 1.29 is 0 Å². The van der Waals surface area contributed by atoms with Gasteiger partial charge in [0.05, 0.1) is 24.3 Å². The van der Waals surface area contributed by atoms with Gasteiger partial charge < -0.3 is 10.2 Å². The molecule has 5 rings (SSSR count). The lowest BCUT2D eigenvalue weighted by molar-refractivity contribution is 0.161. The highest BCUT2D eigenvalue weighted by Crippen LogP contribution is 2.38. The third-order valence-electron chi connectivity index (χ3n) is 5.85. The van der Waals surface area contributed by atoms with Crippen LogP contribution in [0.3, 0.4) is 0 Å². The molecule has 5 heterocycles. The van der Waals surface area contributed by atoms with Gasteiger partial charge in [0.15, 0.2) is 14.8 Å². The molecule has 0 spiro atoms. The molecule has 0 aliphatic carbocycles. The van der Waals surface area contributed by atoms with Gasteiger partial charge in [-0.05, 0) is 40.5 Å². The van der Waals surface area contributed by atoms with Crippen LogP contribution in [-0.4, -0.2) is 53.9 Å². The Labute approximate surface area is 195 Å². The third kappa shape index (κ3) is 4.14. The molecule has 0 bridgehead atoms. The summed E-state index contributed by atoms with van der Waals surface area (Å²) in [6.45, 7) is 9.13. The minimum absolute atomic E-state index is 0.0986. The van der Waals surface area contributed by atoms with Crippen molar-refractivity contribution in [2.75, 3.05) is 11.9 Å². The van der Waals surface area contributed by atoms with Crippen LogP contribution in [-0.2, 0) is 7.05 Å². The molecule has 32 heavy (non-hydrogen) atoms. The monoisotopic (exact) mass is 468 g/mol. The van der Waals surface area contributed by atoms with Crippen LogP contribution in [0.2, 0.25) is 0 Å². The van der Waals surface area contributed by atoms with Gasteiger partial charge in [-0.1, -0.05) is 22.7 Å². The molecule has 0 saturated carbocycles. The van der Waals surface area contributed by atoms with E-state index in [-0.39, 0.29) is 11.1 Å². The topological polar surface area (TPSA) is 84.7 Å². The second-order valence-electron chi connectivity index (χ2n) is 9.88. The van der Waals surface area contributed by atoms with Crippen LogP contribution in [0.4, 0.5) is 5.13 Å². The zero-order valence-electron chi connectivity index (χ0n) is 19.2. The van der Waals surface area contributed by atoms with Gasteiger partial charge in [0.25, 0.3) is 0 Å². The number of hydrogen-bond acceptors (Lipinski definition) is 9. The summed E-state index contributed by atoms with van der Waals surface area (Å²) in [5, 5.41) is 9.83. The highest BCUT2D eigenvalue weighted by molar-refractivity contribution is 7.29. The van der Waals surface area contributed by atoms with Crippen molar-refractivity contribution in [2.45, 2.75) is 57.7 Å². The maximum Gasteiger partial charge on any atom is 0.188 e. The number of aryl methyl sites for hydroxylation is 1. The van der Waals surface area contributed by atoms with Crippen LogP contribution < -0.4 is 10.2 Å². The van der Waals surface area contributed by atoms with Gasteiger partial charge in [-0.25, -0.2) is 15.0 Å². The Balaban J connectivity index is 1.36. The number of aromatic nitrogens is 6. The molecule has 1 aliphatic heterocycles. The van der Waals surface area contributed by atoms with Crippen LogP contribution in [0.1, 0.15) is 40.5 Å². The lowest BCUT2D eigenvalue weighted by atomic mass is 9.79. The van der Waals surface area contributed by atoms with Crippen molar-refractivity contribution in [1.82, 2.24) is 35.0 Å². The standard InChI is InChI=1S/C22H28N8S2/c1-21(2)7-14(8-22(3,4)28-21)30(6)20-27-19-18(32-20)26-17(31-19)16-11-23-15(10-24-16)13-9-25-29(5)12-13/h9-12,14,28H,7-8H2,1-6H3. The third-order valence-corrected chi connectivity index (χ3v) is 8.00. The van der Waals surface area contributed by atoms with Crippen molar-refractivity contribution in [3.8, 4) is 22.0 Å². The van der Waals surface area contributed by atoms with Crippen molar-refractivity contribution in [3.05, 3.63) is 24.8 Å². The van der Waals surface area contributed by atoms with Crippen molar-refractivity contribution in [1.29, 1.82) is 0 Å². The van der Waals surface area contributed by atoms with Gasteiger partial charge in [-0.15, -0.1) is 0 Å². The molecule has 1 N–H and O–H groups in total. The molecule has 0 unspecified atom stereocenters. The van der Waals surface area contributed by atoms with Crippen molar-refractivity contribution >= 4 is 37.5 Å². The fourth-order valence-electron chi connectivity index (χ4n) is 4.73. The van der Waals surface area contributed by atoms with E-state index in [2.05, 4.69) is 60.0 Å². The number of nitrogens with one attached hydrogen (secondary N) is 1. The SMILES string of the molecule is CN(c1nc2sc(-c3cnc(-c4cnn(C)c4)cn3)nc2s1)C1CC(C)(C)NC(C)(C)C1. The predicted octanol–water partition coefficient (Wildman–Crippen LogP) is 4.36. The van der Waals surface area contributed by atoms with Crippen LogP contribution in [0.25, 0.3) is 31.6 Å². The predicted molar refractivity (Wildman–Crippen MR) is 131 cm³/mol. The molecule has 168 valence electrons. The zero-order chi connectivity index (χ0) is 22.7. The molecule has 8 nitrogen and oxygen atoms in total. The van der Waals surface area contributed by atoms with Gasteiger partial charge in [0.1, 0.15) is 10.7 Å². The molecule has 0 amide bonds. The smallest absolute Gasteiger partial charge is 0.188 e. The van der Waals surface area contributed by atoms with E-state index in [0.29, 0.717) is 6.04 Å².